The second kappa shape index (κ2) is 7.63. The van der Waals surface area contributed by atoms with Crippen LogP contribution in [0.4, 0.5) is 5.69 Å². The van der Waals surface area contributed by atoms with Gasteiger partial charge < -0.3 is 15.5 Å². The lowest BCUT2D eigenvalue weighted by atomic mass is 9.77. The first-order valence-electron chi connectivity index (χ1n) is 10.5. The van der Waals surface area contributed by atoms with Gasteiger partial charge in [-0.05, 0) is 56.7 Å². The van der Waals surface area contributed by atoms with E-state index in [0.717, 1.165) is 57.3 Å². The summed E-state index contributed by atoms with van der Waals surface area (Å²) in [6.45, 7) is 4.31. The van der Waals surface area contributed by atoms with Gasteiger partial charge in [-0.25, -0.2) is 0 Å². The highest BCUT2D eigenvalue weighted by Gasteiger charge is 2.43. The molecule has 0 radical (unpaired) electrons. The van der Waals surface area contributed by atoms with Crippen molar-refractivity contribution in [2.45, 2.75) is 51.5 Å². The minimum Gasteiger partial charge on any atom is -0.342 e. The Kier molecular flexibility index (Phi) is 5.22. The molecule has 2 aliphatic heterocycles. The fraction of sp³-hybridized carbons (Fsp3) is 0.636. The molecule has 3 aliphatic rings. The Labute approximate surface area is 161 Å². The van der Waals surface area contributed by atoms with Crippen LogP contribution in [0.2, 0.25) is 0 Å². The van der Waals surface area contributed by atoms with E-state index in [1.54, 1.807) is 0 Å². The summed E-state index contributed by atoms with van der Waals surface area (Å²) in [5, 5.41) is 0. The molecule has 2 heterocycles. The van der Waals surface area contributed by atoms with E-state index in [2.05, 4.69) is 13.0 Å². The Morgan fingerprint density at radius 2 is 1.78 bits per heavy atom. The van der Waals surface area contributed by atoms with E-state index in [4.69, 9.17) is 5.73 Å². The van der Waals surface area contributed by atoms with Crippen molar-refractivity contribution in [1.82, 2.24) is 4.90 Å². The fourth-order valence-electron chi connectivity index (χ4n) is 5.26. The summed E-state index contributed by atoms with van der Waals surface area (Å²) in [6, 6.07) is 8.36. The number of likely N-dealkylation sites (tertiary alicyclic amines) is 1. The number of para-hydroxylation sites is 1. The van der Waals surface area contributed by atoms with Gasteiger partial charge in [-0.1, -0.05) is 31.0 Å². The van der Waals surface area contributed by atoms with Crippen LogP contribution >= 0.6 is 0 Å². The molecule has 5 heteroatoms. The maximum absolute atomic E-state index is 13.6. The van der Waals surface area contributed by atoms with E-state index in [-0.39, 0.29) is 29.7 Å². The third kappa shape index (κ3) is 3.38. The van der Waals surface area contributed by atoms with E-state index in [1.807, 2.05) is 28.0 Å². The predicted octanol–water partition coefficient (Wildman–Crippen LogP) is 2.58. The number of carbonyl (C=O) groups excluding carboxylic acids is 2. The number of hydrogen-bond donors (Lipinski definition) is 1. The third-order valence-electron chi connectivity index (χ3n) is 6.78. The molecule has 27 heavy (non-hydrogen) atoms. The van der Waals surface area contributed by atoms with Crippen LogP contribution in [0.25, 0.3) is 0 Å². The van der Waals surface area contributed by atoms with Gasteiger partial charge in [0.05, 0.1) is 5.92 Å². The van der Waals surface area contributed by atoms with Crippen molar-refractivity contribution >= 4 is 17.5 Å². The molecule has 2 amide bonds. The van der Waals surface area contributed by atoms with Crippen LogP contribution in [0.5, 0.6) is 0 Å². The van der Waals surface area contributed by atoms with Crippen LogP contribution in [0.3, 0.4) is 0 Å². The van der Waals surface area contributed by atoms with E-state index < -0.39 is 0 Å². The quantitative estimate of drug-likeness (QED) is 0.890. The number of rotatable bonds is 3. The second-order valence-electron chi connectivity index (χ2n) is 8.56. The fourth-order valence-corrected chi connectivity index (χ4v) is 5.26. The lowest BCUT2D eigenvalue weighted by Crippen LogP contribution is -2.48. The van der Waals surface area contributed by atoms with Gasteiger partial charge in [0.15, 0.2) is 0 Å². The van der Waals surface area contributed by atoms with Crippen LogP contribution < -0.4 is 10.6 Å². The summed E-state index contributed by atoms with van der Waals surface area (Å²) in [4.78, 5) is 30.7. The molecule has 146 valence electrons. The molecule has 1 aromatic carbocycles. The third-order valence-corrected chi connectivity index (χ3v) is 6.78. The van der Waals surface area contributed by atoms with Gasteiger partial charge in [0.1, 0.15) is 0 Å². The summed E-state index contributed by atoms with van der Waals surface area (Å²) < 4.78 is 0. The van der Waals surface area contributed by atoms with Crippen molar-refractivity contribution in [1.29, 1.82) is 0 Å². The van der Waals surface area contributed by atoms with Crippen molar-refractivity contribution < 1.29 is 9.59 Å². The number of benzene rings is 1. The van der Waals surface area contributed by atoms with Gasteiger partial charge in [0, 0.05) is 30.7 Å². The van der Waals surface area contributed by atoms with Gasteiger partial charge in [-0.2, -0.15) is 0 Å². The van der Waals surface area contributed by atoms with Crippen LogP contribution in [0, 0.1) is 17.8 Å². The standard InChI is InChI=1S/C22H31N3O2/c1-15-12-17-6-2-5-9-20(17)25(15)22(27)19-8-4-3-7-18(19)21(26)24-11-10-16(13-23)14-24/h2,5-6,9,15-16,18-19H,3-4,7-8,10-14,23H2,1H3. The van der Waals surface area contributed by atoms with Gasteiger partial charge in [0.25, 0.3) is 0 Å². The number of anilines is 1. The molecule has 4 rings (SSSR count). The number of nitrogens with two attached hydrogens (primary N) is 1. The lowest BCUT2D eigenvalue weighted by molar-refractivity contribution is -0.142. The zero-order chi connectivity index (χ0) is 19.0. The average Bonchev–Trinajstić information content (AvgIpc) is 3.30. The zero-order valence-corrected chi connectivity index (χ0v) is 16.3. The molecule has 0 aromatic heterocycles. The van der Waals surface area contributed by atoms with Gasteiger partial charge in [-0.15, -0.1) is 0 Å². The van der Waals surface area contributed by atoms with Crippen molar-refractivity contribution in [2.24, 2.45) is 23.5 Å². The van der Waals surface area contributed by atoms with Crippen molar-refractivity contribution in [2.75, 3.05) is 24.5 Å². The monoisotopic (exact) mass is 369 g/mol. The summed E-state index contributed by atoms with van der Waals surface area (Å²) in [6.07, 6.45) is 5.63. The Morgan fingerprint density at radius 1 is 1.07 bits per heavy atom. The molecule has 5 nitrogen and oxygen atoms in total. The number of carbonyl (C=O) groups is 2. The maximum Gasteiger partial charge on any atom is 0.231 e. The predicted molar refractivity (Wildman–Crippen MR) is 106 cm³/mol. The number of amides is 2. The number of hydrogen-bond acceptors (Lipinski definition) is 3. The normalized spacial score (nSPS) is 30.4. The Morgan fingerprint density at radius 3 is 2.48 bits per heavy atom. The van der Waals surface area contributed by atoms with Crippen LogP contribution in [0.15, 0.2) is 24.3 Å². The molecule has 0 bridgehead atoms. The van der Waals surface area contributed by atoms with Crippen LogP contribution in [0.1, 0.15) is 44.6 Å². The van der Waals surface area contributed by atoms with E-state index in [1.165, 1.54) is 5.56 Å². The van der Waals surface area contributed by atoms with Crippen LogP contribution in [-0.4, -0.2) is 42.4 Å². The molecule has 2 fully saturated rings. The average molecular weight is 370 g/mol. The first-order chi connectivity index (χ1) is 13.1. The van der Waals surface area contributed by atoms with E-state index in [9.17, 15) is 9.59 Å². The Hall–Kier alpha value is -1.88. The molecular formula is C22H31N3O2. The lowest BCUT2D eigenvalue weighted by Gasteiger charge is -2.36. The summed E-state index contributed by atoms with van der Waals surface area (Å²) in [5.74, 6) is 0.404. The Balaban J connectivity index is 1.54. The largest absolute Gasteiger partial charge is 0.342 e. The van der Waals surface area contributed by atoms with E-state index in [0.29, 0.717) is 12.5 Å². The topological polar surface area (TPSA) is 66.6 Å². The maximum atomic E-state index is 13.6. The summed E-state index contributed by atoms with van der Waals surface area (Å²) in [7, 11) is 0. The summed E-state index contributed by atoms with van der Waals surface area (Å²) in [5.41, 5.74) is 8.07. The first kappa shape index (κ1) is 18.5. The molecule has 4 unspecified atom stereocenters. The van der Waals surface area contributed by atoms with Gasteiger partial charge in [-0.3, -0.25) is 9.59 Å². The highest BCUT2D eigenvalue weighted by molar-refractivity contribution is 6.00. The minimum absolute atomic E-state index is 0.153. The molecule has 1 saturated carbocycles. The summed E-state index contributed by atoms with van der Waals surface area (Å²) >= 11 is 0. The van der Waals surface area contributed by atoms with Crippen molar-refractivity contribution in [3.63, 3.8) is 0 Å². The van der Waals surface area contributed by atoms with Gasteiger partial charge >= 0.3 is 0 Å². The SMILES string of the molecule is CC1Cc2ccccc2N1C(=O)C1CCCCC1C(=O)N1CCC(CN)C1. The molecule has 2 N–H and O–H groups in total. The highest BCUT2D eigenvalue weighted by atomic mass is 16.2. The van der Waals surface area contributed by atoms with Gasteiger partial charge in [0.2, 0.25) is 11.8 Å². The van der Waals surface area contributed by atoms with E-state index >= 15 is 0 Å². The molecule has 1 aromatic rings. The number of fused-ring (bicyclic) bond motifs is 1. The molecule has 4 atom stereocenters. The zero-order valence-electron chi connectivity index (χ0n) is 16.3. The molecule has 1 aliphatic carbocycles. The van der Waals surface area contributed by atoms with Crippen molar-refractivity contribution in [3.05, 3.63) is 29.8 Å². The highest BCUT2D eigenvalue weighted by Crippen LogP contribution is 2.39. The minimum atomic E-state index is -0.184. The smallest absolute Gasteiger partial charge is 0.231 e. The van der Waals surface area contributed by atoms with Crippen molar-refractivity contribution in [3.8, 4) is 0 Å². The molecular weight excluding hydrogens is 338 g/mol. The molecule has 1 saturated heterocycles. The first-order valence-corrected chi connectivity index (χ1v) is 10.5. The second-order valence-corrected chi connectivity index (χ2v) is 8.56. The Bertz CT molecular complexity index is 719. The number of nitrogens with zero attached hydrogens (tertiary/aromatic N) is 2. The molecule has 0 spiro atoms. The van der Waals surface area contributed by atoms with Crippen LogP contribution in [-0.2, 0) is 16.0 Å².